The van der Waals surface area contributed by atoms with Crippen LogP contribution in [0.15, 0.2) is 18.2 Å². The van der Waals surface area contributed by atoms with Crippen molar-refractivity contribution in [3.05, 3.63) is 33.8 Å². The van der Waals surface area contributed by atoms with Gasteiger partial charge < -0.3 is 14.4 Å². The van der Waals surface area contributed by atoms with Crippen molar-refractivity contribution < 1.29 is 14.3 Å². The van der Waals surface area contributed by atoms with Gasteiger partial charge >= 0.3 is 0 Å². The predicted molar refractivity (Wildman–Crippen MR) is 86.6 cm³/mol. The molecule has 1 heterocycles. The lowest BCUT2D eigenvalue weighted by atomic mass is 10.2. The molecular weight excluding hydrogens is 327 g/mol. The Hall–Kier alpha value is -0.850. The van der Waals surface area contributed by atoms with Crippen molar-refractivity contribution in [1.82, 2.24) is 9.80 Å². The number of halogens is 2. The SMILES string of the molecule is COC(CN1CCN(C(=O)c2cc(Cl)cc(Cl)c2)CC1)OC. The van der Waals surface area contributed by atoms with Gasteiger partial charge in [0, 0.05) is 62.6 Å². The van der Waals surface area contributed by atoms with E-state index in [1.165, 1.54) is 0 Å². The molecule has 0 spiro atoms. The summed E-state index contributed by atoms with van der Waals surface area (Å²) < 4.78 is 10.4. The van der Waals surface area contributed by atoms with E-state index in [4.69, 9.17) is 32.7 Å². The van der Waals surface area contributed by atoms with Gasteiger partial charge in [-0.2, -0.15) is 0 Å². The van der Waals surface area contributed by atoms with Gasteiger partial charge in [0.25, 0.3) is 5.91 Å². The van der Waals surface area contributed by atoms with Gasteiger partial charge in [0.1, 0.15) is 0 Å². The maximum Gasteiger partial charge on any atom is 0.254 e. The number of hydrogen-bond acceptors (Lipinski definition) is 4. The summed E-state index contributed by atoms with van der Waals surface area (Å²) in [7, 11) is 3.24. The summed E-state index contributed by atoms with van der Waals surface area (Å²) in [6.45, 7) is 3.57. The lowest BCUT2D eigenvalue weighted by molar-refractivity contribution is -0.118. The van der Waals surface area contributed by atoms with Crippen molar-refractivity contribution in [3.63, 3.8) is 0 Å². The average molecular weight is 347 g/mol. The minimum Gasteiger partial charge on any atom is -0.355 e. The van der Waals surface area contributed by atoms with Gasteiger partial charge in [-0.15, -0.1) is 0 Å². The first-order valence-electron chi connectivity index (χ1n) is 7.07. The van der Waals surface area contributed by atoms with Crippen LogP contribution >= 0.6 is 23.2 Å². The fourth-order valence-electron chi connectivity index (χ4n) is 2.45. The average Bonchev–Trinajstić information content (AvgIpc) is 2.51. The van der Waals surface area contributed by atoms with Gasteiger partial charge in [0.05, 0.1) is 0 Å². The topological polar surface area (TPSA) is 42.0 Å². The minimum absolute atomic E-state index is 0.0425. The minimum atomic E-state index is -0.242. The highest BCUT2D eigenvalue weighted by Crippen LogP contribution is 2.20. The molecule has 2 rings (SSSR count). The summed E-state index contributed by atoms with van der Waals surface area (Å²) in [6.07, 6.45) is -0.242. The van der Waals surface area contributed by atoms with Crippen LogP contribution in [-0.4, -0.2) is 68.9 Å². The van der Waals surface area contributed by atoms with Gasteiger partial charge in [-0.25, -0.2) is 0 Å². The number of carbonyl (C=O) groups is 1. The third-order valence-corrected chi connectivity index (χ3v) is 4.14. The Kier molecular flexibility index (Phi) is 6.47. The van der Waals surface area contributed by atoms with Crippen LogP contribution in [-0.2, 0) is 9.47 Å². The van der Waals surface area contributed by atoms with Crippen molar-refractivity contribution in [3.8, 4) is 0 Å². The second-order valence-electron chi connectivity index (χ2n) is 5.15. The smallest absolute Gasteiger partial charge is 0.254 e. The molecule has 1 aliphatic heterocycles. The highest BCUT2D eigenvalue weighted by Gasteiger charge is 2.24. The number of nitrogens with zero attached hydrogens (tertiary/aromatic N) is 2. The van der Waals surface area contributed by atoms with Crippen LogP contribution < -0.4 is 0 Å². The van der Waals surface area contributed by atoms with E-state index in [0.717, 1.165) is 13.1 Å². The number of rotatable bonds is 5. The van der Waals surface area contributed by atoms with E-state index in [9.17, 15) is 4.79 Å². The summed E-state index contributed by atoms with van der Waals surface area (Å²) in [5, 5.41) is 0.940. The molecule has 0 aromatic heterocycles. The molecule has 1 aliphatic rings. The van der Waals surface area contributed by atoms with Crippen LogP contribution in [0.25, 0.3) is 0 Å². The molecular formula is C15H20Cl2N2O3. The Morgan fingerprint density at radius 3 is 2.14 bits per heavy atom. The molecule has 0 saturated carbocycles. The number of amides is 1. The number of hydrogen-bond donors (Lipinski definition) is 0. The fraction of sp³-hybridized carbons (Fsp3) is 0.533. The van der Waals surface area contributed by atoms with E-state index in [2.05, 4.69) is 4.90 Å². The zero-order valence-electron chi connectivity index (χ0n) is 12.7. The first-order chi connectivity index (χ1) is 10.5. The summed E-state index contributed by atoms with van der Waals surface area (Å²) >= 11 is 11.9. The van der Waals surface area contributed by atoms with E-state index >= 15 is 0 Å². The summed E-state index contributed by atoms with van der Waals surface area (Å²) in [4.78, 5) is 16.5. The quantitative estimate of drug-likeness (QED) is 0.767. The van der Waals surface area contributed by atoms with Gasteiger partial charge in [0.15, 0.2) is 6.29 Å². The molecule has 122 valence electrons. The second kappa shape index (κ2) is 8.13. The van der Waals surface area contributed by atoms with Gasteiger partial charge in [0.2, 0.25) is 0 Å². The maximum atomic E-state index is 12.5. The molecule has 1 fully saturated rings. The highest BCUT2D eigenvalue weighted by molar-refractivity contribution is 6.35. The molecule has 0 atom stereocenters. The maximum absolute atomic E-state index is 12.5. The Morgan fingerprint density at radius 1 is 1.09 bits per heavy atom. The van der Waals surface area contributed by atoms with Crippen LogP contribution in [0.5, 0.6) is 0 Å². The van der Waals surface area contributed by atoms with E-state index in [-0.39, 0.29) is 12.2 Å². The van der Waals surface area contributed by atoms with Crippen molar-refractivity contribution >= 4 is 29.1 Å². The third-order valence-electron chi connectivity index (χ3n) is 3.70. The Morgan fingerprint density at radius 2 is 1.64 bits per heavy atom. The van der Waals surface area contributed by atoms with E-state index in [1.54, 1.807) is 32.4 Å². The second-order valence-corrected chi connectivity index (χ2v) is 6.02. The highest BCUT2D eigenvalue weighted by atomic mass is 35.5. The largest absolute Gasteiger partial charge is 0.355 e. The van der Waals surface area contributed by atoms with Gasteiger partial charge in [-0.1, -0.05) is 23.2 Å². The summed E-state index contributed by atoms with van der Waals surface area (Å²) in [5.74, 6) is -0.0425. The number of methoxy groups -OCH3 is 2. The first-order valence-corrected chi connectivity index (χ1v) is 7.82. The van der Waals surface area contributed by atoms with Crippen LogP contribution in [0, 0.1) is 0 Å². The fourth-order valence-corrected chi connectivity index (χ4v) is 2.98. The molecule has 7 heteroatoms. The van der Waals surface area contributed by atoms with E-state index in [1.807, 2.05) is 4.90 Å². The van der Waals surface area contributed by atoms with Crippen LogP contribution in [0.2, 0.25) is 10.0 Å². The molecule has 22 heavy (non-hydrogen) atoms. The monoisotopic (exact) mass is 346 g/mol. The lowest BCUT2D eigenvalue weighted by Crippen LogP contribution is -2.50. The summed E-state index contributed by atoms with van der Waals surface area (Å²) in [5.41, 5.74) is 0.526. The van der Waals surface area contributed by atoms with E-state index in [0.29, 0.717) is 35.2 Å². The third kappa shape index (κ3) is 4.57. The molecule has 5 nitrogen and oxygen atoms in total. The van der Waals surface area contributed by atoms with Crippen LogP contribution in [0.1, 0.15) is 10.4 Å². The number of carbonyl (C=O) groups excluding carboxylic acids is 1. The van der Waals surface area contributed by atoms with Crippen LogP contribution in [0.3, 0.4) is 0 Å². The normalized spacial score (nSPS) is 16.3. The zero-order chi connectivity index (χ0) is 16.1. The van der Waals surface area contributed by atoms with Crippen molar-refractivity contribution in [1.29, 1.82) is 0 Å². The number of piperazine rings is 1. The number of ether oxygens (including phenoxy) is 2. The van der Waals surface area contributed by atoms with Gasteiger partial charge in [-0.3, -0.25) is 9.69 Å². The molecule has 0 N–H and O–H groups in total. The molecule has 0 aliphatic carbocycles. The van der Waals surface area contributed by atoms with Gasteiger partial charge in [-0.05, 0) is 18.2 Å². The molecule has 0 bridgehead atoms. The van der Waals surface area contributed by atoms with E-state index < -0.39 is 0 Å². The molecule has 1 aromatic rings. The predicted octanol–water partition coefficient (Wildman–Crippen LogP) is 2.37. The molecule has 1 aromatic carbocycles. The zero-order valence-corrected chi connectivity index (χ0v) is 14.2. The van der Waals surface area contributed by atoms with Crippen molar-refractivity contribution in [2.75, 3.05) is 46.9 Å². The van der Waals surface area contributed by atoms with Crippen molar-refractivity contribution in [2.45, 2.75) is 6.29 Å². The Bertz CT molecular complexity index is 495. The number of benzene rings is 1. The molecule has 0 radical (unpaired) electrons. The van der Waals surface area contributed by atoms with Crippen molar-refractivity contribution in [2.24, 2.45) is 0 Å². The standard InChI is InChI=1S/C15H20Cl2N2O3/c1-21-14(22-2)10-18-3-5-19(6-4-18)15(20)11-7-12(16)9-13(17)8-11/h7-9,14H,3-6,10H2,1-2H3. The first kappa shape index (κ1) is 17.5. The summed E-state index contributed by atoms with van der Waals surface area (Å²) in [6, 6.07) is 4.91. The molecule has 1 amide bonds. The molecule has 0 unspecified atom stereocenters. The Labute approximate surface area is 140 Å². The van der Waals surface area contributed by atoms with Crippen LogP contribution in [0.4, 0.5) is 0 Å². The molecule has 1 saturated heterocycles. The Balaban J connectivity index is 1.92. The lowest BCUT2D eigenvalue weighted by Gasteiger charge is -2.35.